The summed E-state index contributed by atoms with van der Waals surface area (Å²) in [4.78, 5) is 0. The van der Waals surface area contributed by atoms with Crippen LogP contribution in [0.15, 0.2) is 48.7 Å². The minimum atomic E-state index is -4.40. The third kappa shape index (κ3) is 7.16. The number of fused-ring (bicyclic) bond motifs is 1. The molecular weight excluding hydrogens is 445 g/mol. The molecule has 0 unspecified atom stereocenters. The van der Waals surface area contributed by atoms with Crippen molar-refractivity contribution < 1.29 is 27.8 Å². The quantitative estimate of drug-likeness (QED) is 0.333. The van der Waals surface area contributed by atoms with Crippen LogP contribution >= 0.6 is 0 Å². The van der Waals surface area contributed by atoms with E-state index in [2.05, 4.69) is 19.1 Å². The third-order valence-corrected chi connectivity index (χ3v) is 5.52. The topological polar surface area (TPSA) is 67.4 Å². The number of ether oxygens (including phenoxy) is 2. The monoisotopic (exact) mass is 474 g/mol. The Hall–Kier alpha value is -3.18. The number of nitrogens with zero attached hydrogens (tertiary/aromatic N) is 2. The molecule has 8 heteroatoms. The number of halogens is 3. The number of nitriles is 1. The van der Waals surface area contributed by atoms with Gasteiger partial charge in [0.25, 0.3) is 0 Å². The molecule has 0 bridgehead atoms. The molecule has 1 atom stereocenters. The number of aromatic nitrogens is 1. The van der Waals surface area contributed by atoms with Crippen molar-refractivity contribution >= 4 is 10.9 Å². The van der Waals surface area contributed by atoms with Gasteiger partial charge in [0.2, 0.25) is 0 Å². The molecule has 0 aliphatic heterocycles. The van der Waals surface area contributed by atoms with E-state index < -0.39 is 12.8 Å². The van der Waals surface area contributed by atoms with Crippen LogP contribution in [0.25, 0.3) is 10.9 Å². The molecule has 182 valence electrons. The maximum absolute atomic E-state index is 12.4. The van der Waals surface area contributed by atoms with E-state index in [9.17, 15) is 18.4 Å². The van der Waals surface area contributed by atoms with Gasteiger partial charge in [0.15, 0.2) is 18.1 Å². The smallest absolute Gasteiger partial charge is 0.422 e. The molecule has 0 aliphatic rings. The van der Waals surface area contributed by atoms with Crippen LogP contribution < -0.4 is 9.47 Å². The van der Waals surface area contributed by atoms with E-state index in [0.717, 1.165) is 35.7 Å². The minimum absolute atomic E-state index is 0.0798. The van der Waals surface area contributed by atoms with Crippen molar-refractivity contribution in [3.05, 3.63) is 59.8 Å². The number of aliphatic hydroxyl groups is 1. The number of alkyl halides is 3. The van der Waals surface area contributed by atoms with Crippen molar-refractivity contribution in [2.24, 2.45) is 5.92 Å². The Morgan fingerprint density at radius 2 is 1.82 bits per heavy atom. The lowest BCUT2D eigenvalue weighted by atomic mass is 9.95. The summed E-state index contributed by atoms with van der Waals surface area (Å²) in [5.41, 5.74) is 2.61. The van der Waals surface area contributed by atoms with Crippen molar-refractivity contribution in [1.29, 1.82) is 5.26 Å². The zero-order valence-electron chi connectivity index (χ0n) is 19.1. The average molecular weight is 475 g/mol. The van der Waals surface area contributed by atoms with Crippen molar-refractivity contribution in [3.63, 3.8) is 0 Å². The van der Waals surface area contributed by atoms with Crippen LogP contribution in [-0.4, -0.2) is 35.7 Å². The number of aryl methyl sites for hydroxylation is 1. The van der Waals surface area contributed by atoms with Gasteiger partial charge in [-0.25, -0.2) is 0 Å². The Bertz CT molecular complexity index is 1120. The SMILES string of the molecule is C[C@@H](CCCOc1ccccc1OCC(F)(F)F)Cc1cc(C#N)c2c(ccn2CCCO)c1. The van der Waals surface area contributed by atoms with Gasteiger partial charge in [-0.1, -0.05) is 19.1 Å². The molecule has 0 saturated heterocycles. The second-order valence-corrected chi connectivity index (χ2v) is 8.43. The van der Waals surface area contributed by atoms with Gasteiger partial charge in [-0.15, -0.1) is 0 Å². The van der Waals surface area contributed by atoms with Gasteiger partial charge in [0, 0.05) is 24.7 Å². The molecule has 1 heterocycles. The van der Waals surface area contributed by atoms with Crippen LogP contribution in [0.2, 0.25) is 0 Å². The predicted octanol–water partition coefficient (Wildman–Crippen LogP) is 5.87. The van der Waals surface area contributed by atoms with E-state index in [1.54, 1.807) is 18.2 Å². The van der Waals surface area contributed by atoms with Gasteiger partial charge in [-0.3, -0.25) is 0 Å². The number of rotatable bonds is 12. The lowest BCUT2D eigenvalue weighted by Gasteiger charge is -2.15. The first-order chi connectivity index (χ1) is 16.3. The van der Waals surface area contributed by atoms with Crippen LogP contribution in [0.4, 0.5) is 13.2 Å². The van der Waals surface area contributed by atoms with Gasteiger partial charge in [-0.2, -0.15) is 18.4 Å². The van der Waals surface area contributed by atoms with E-state index in [1.807, 2.05) is 22.9 Å². The van der Waals surface area contributed by atoms with E-state index >= 15 is 0 Å². The molecule has 3 rings (SSSR count). The fraction of sp³-hybridized carbons (Fsp3) is 0.423. The van der Waals surface area contributed by atoms with Gasteiger partial charge in [-0.05, 0) is 67.5 Å². The molecule has 34 heavy (non-hydrogen) atoms. The van der Waals surface area contributed by atoms with E-state index in [-0.39, 0.29) is 12.4 Å². The highest BCUT2D eigenvalue weighted by atomic mass is 19.4. The summed E-state index contributed by atoms with van der Waals surface area (Å²) in [5.74, 6) is 0.714. The van der Waals surface area contributed by atoms with Crippen molar-refractivity contribution in [2.45, 2.75) is 45.3 Å². The van der Waals surface area contributed by atoms with Crippen LogP contribution in [0, 0.1) is 17.2 Å². The summed E-state index contributed by atoms with van der Waals surface area (Å²) in [6, 6.07) is 14.7. The van der Waals surface area contributed by atoms with Gasteiger partial charge in [0.1, 0.15) is 6.07 Å². The fourth-order valence-electron chi connectivity index (χ4n) is 4.01. The maximum atomic E-state index is 12.4. The number of hydrogen-bond acceptors (Lipinski definition) is 4. The fourth-order valence-corrected chi connectivity index (χ4v) is 4.01. The summed E-state index contributed by atoms with van der Waals surface area (Å²) >= 11 is 0. The van der Waals surface area contributed by atoms with E-state index in [0.29, 0.717) is 36.8 Å². The predicted molar refractivity (Wildman–Crippen MR) is 124 cm³/mol. The summed E-state index contributed by atoms with van der Waals surface area (Å²) in [6.07, 6.45) is 0.579. The maximum Gasteiger partial charge on any atom is 0.422 e. The number of benzene rings is 2. The lowest BCUT2D eigenvalue weighted by Crippen LogP contribution is -2.19. The van der Waals surface area contributed by atoms with Crippen LogP contribution in [-0.2, 0) is 13.0 Å². The van der Waals surface area contributed by atoms with Crippen LogP contribution in [0.3, 0.4) is 0 Å². The Morgan fingerprint density at radius 3 is 2.50 bits per heavy atom. The Morgan fingerprint density at radius 1 is 1.09 bits per heavy atom. The number of hydrogen-bond donors (Lipinski definition) is 1. The first-order valence-electron chi connectivity index (χ1n) is 11.3. The van der Waals surface area contributed by atoms with Crippen molar-refractivity contribution in [1.82, 2.24) is 4.57 Å². The molecule has 0 amide bonds. The molecule has 0 aliphatic carbocycles. The highest BCUT2D eigenvalue weighted by Crippen LogP contribution is 2.29. The van der Waals surface area contributed by atoms with Crippen LogP contribution in [0.1, 0.15) is 37.3 Å². The first-order valence-corrected chi connectivity index (χ1v) is 11.3. The highest BCUT2D eigenvalue weighted by Gasteiger charge is 2.29. The molecule has 0 spiro atoms. The van der Waals surface area contributed by atoms with Crippen molar-refractivity contribution in [2.75, 3.05) is 19.8 Å². The second-order valence-electron chi connectivity index (χ2n) is 8.43. The highest BCUT2D eigenvalue weighted by molar-refractivity contribution is 5.86. The average Bonchev–Trinajstić information content (AvgIpc) is 3.21. The Balaban J connectivity index is 1.53. The lowest BCUT2D eigenvalue weighted by molar-refractivity contribution is -0.153. The van der Waals surface area contributed by atoms with Crippen molar-refractivity contribution in [3.8, 4) is 17.6 Å². The zero-order chi connectivity index (χ0) is 24.6. The molecule has 1 aromatic heterocycles. The second kappa shape index (κ2) is 11.8. The molecule has 2 aromatic carbocycles. The third-order valence-electron chi connectivity index (χ3n) is 5.52. The molecule has 0 fully saturated rings. The molecule has 5 nitrogen and oxygen atoms in total. The number of para-hydroxylation sites is 2. The number of aliphatic hydroxyl groups excluding tert-OH is 1. The molecule has 1 N–H and O–H groups in total. The summed E-state index contributed by atoms with van der Waals surface area (Å²) < 4.78 is 49.8. The largest absolute Gasteiger partial charge is 0.490 e. The first kappa shape index (κ1) is 25.4. The summed E-state index contributed by atoms with van der Waals surface area (Å²) in [6.45, 7) is 1.90. The van der Waals surface area contributed by atoms with Gasteiger partial charge in [0.05, 0.1) is 17.7 Å². The summed E-state index contributed by atoms with van der Waals surface area (Å²) in [5, 5.41) is 19.8. The van der Waals surface area contributed by atoms with E-state index in [1.165, 1.54) is 6.07 Å². The Kier molecular flexibility index (Phi) is 8.83. The molecule has 0 saturated carbocycles. The standard InChI is InChI=1S/C26H29F3N2O3/c1-19(6-4-13-33-23-7-2-3-8-24(23)34-18-26(27,28)29)14-20-15-21-9-11-31(10-5-12-32)25(21)22(16-20)17-30/h2-3,7-9,11,15-16,19,32H,4-6,10,12-14,18H2,1H3/t19-/m0/s1. The molecular formula is C26H29F3N2O3. The summed E-state index contributed by atoms with van der Waals surface area (Å²) in [7, 11) is 0. The van der Waals surface area contributed by atoms with E-state index in [4.69, 9.17) is 14.6 Å². The molecule has 0 radical (unpaired) electrons. The van der Waals surface area contributed by atoms with Gasteiger partial charge < -0.3 is 19.1 Å². The van der Waals surface area contributed by atoms with Gasteiger partial charge >= 0.3 is 6.18 Å². The Labute approximate surface area is 197 Å². The zero-order valence-corrected chi connectivity index (χ0v) is 19.1. The molecule has 3 aromatic rings. The van der Waals surface area contributed by atoms with Crippen LogP contribution in [0.5, 0.6) is 11.5 Å². The minimum Gasteiger partial charge on any atom is -0.490 e. The normalized spacial score (nSPS) is 12.5.